The highest BCUT2D eigenvalue weighted by Crippen LogP contribution is 2.33. The largest absolute Gasteiger partial charge is 0.460 e. The normalized spacial score (nSPS) is 30.1. The number of alkyl halides is 1. The molecule has 0 amide bonds. The van der Waals surface area contributed by atoms with Crippen molar-refractivity contribution in [1.82, 2.24) is 0 Å². The van der Waals surface area contributed by atoms with E-state index in [1.54, 1.807) is 0 Å². The summed E-state index contributed by atoms with van der Waals surface area (Å²) in [6.07, 6.45) is 2.45. The second kappa shape index (κ2) is 6.33. The van der Waals surface area contributed by atoms with Gasteiger partial charge in [-0.3, -0.25) is 4.79 Å². The highest BCUT2D eigenvalue weighted by Gasteiger charge is 2.36. The van der Waals surface area contributed by atoms with E-state index in [0.717, 1.165) is 19.3 Å². The Morgan fingerprint density at radius 3 is 2.53 bits per heavy atom. The fourth-order valence-corrected chi connectivity index (χ4v) is 3.20. The van der Waals surface area contributed by atoms with E-state index in [1.165, 1.54) is 0 Å². The molecule has 0 aromatic heterocycles. The lowest BCUT2D eigenvalue weighted by atomic mass is 9.87. The Morgan fingerprint density at radius 2 is 2.06 bits per heavy atom. The van der Waals surface area contributed by atoms with E-state index in [9.17, 15) is 4.79 Å². The predicted molar refractivity (Wildman–Crippen MR) is 73.0 cm³/mol. The van der Waals surface area contributed by atoms with Gasteiger partial charge in [0.05, 0.1) is 12.0 Å². The molecule has 1 saturated carbocycles. The van der Waals surface area contributed by atoms with Crippen molar-refractivity contribution in [3.05, 3.63) is 0 Å². The summed E-state index contributed by atoms with van der Waals surface area (Å²) in [7, 11) is 0. The second-order valence-corrected chi connectivity index (χ2v) is 6.99. The maximum atomic E-state index is 12.0. The summed E-state index contributed by atoms with van der Waals surface area (Å²) in [5.41, 5.74) is -0.425. The minimum Gasteiger partial charge on any atom is -0.460 e. The molecule has 3 atom stereocenters. The number of ether oxygens (including phenoxy) is 2. The first-order valence-corrected chi connectivity index (χ1v) is 7.17. The van der Waals surface area contributed by atoms with Crippen LogP contribution in [-0.4, -0.2) is 33.5 Å². The van der Waals surface area contributed by atoms with Crippen LogP contribution in [0.15, 0.2) is 0 Å². The fourth-order valence-electron chi connectivity index (χ4n) is 1.98. The Hall–Kier alpha value is 0.120. The van der Waals surface area contributed by atoms with Gasteiger partial charge in [0, 0.05) is 3.92 Å². The zero-order chi connectivity index (χ0) is 13.1. The van der Waals surface area contributed by atoms with E-state index < -0.39 is 5.60 Å². The van der Waals surface area contributed by atoms with Crippen LogP contribution in [0, 0.1) is 5.92 Å². The zero-order valence-electron chi connectivity index (χ0n) is 10.6. The molecule has 0 spiro atoms. The van der Waals surface area contributed by atoms with Gasteiger partial charge in [0.1, 0.15) is 12.4 Å². The molecule has 0 aliphatic heterocycles. The summed E-state index contributed by atoms with van der Waals surface area (Å²) in [5, 5.41) is 8.72. The standard InChI is InChI=1S/C12H21IO4/c1-12(2,3)17-11(15)9-5-4-8(16-7-14)6-10(9)13/h8-10,14H,4-7H2,1-3H3/t8-,9-,10-/m0/s1. The highest BCUT2D eigenvalue weighted by atomic mass is 127. The number of carbonyl (C=O) groups excluding carboxylic acids is 1. The van der Waals surface area contributed by atoms with Crippen molar-refractivity contribution < 1.29 is 19.4 Å². The highest BCUT2D eigenvalue weighted by molar-refractivity contribution is 14.1. The third kappa shape index (κ3) is 5.09. The predicted octanol–water partition coefficient (Wildman–Crippen LogP) is 2.27. The molecule has 100 valence electrons. The van der Waals surface area contributed by atoms with Crippen LogP contribution in [-0.2, 0) is 14.3 Å². The number of aliphatic hydroxyl groups is 1. The first-order valence-electron chi connectivity index (χ1n) is 5.93. The summed E-state index contributed by atoms with van der Waals surface area (Å²) >= 11 is 2.28. The third-order valence-corrected chi connectivity index (χ3v) is 4.12. The van der Waals surface area contributed by atoms with Crippen molar-refractivity contribution in [3.63, 3.8) is 0 Å². The molecule has 1 fully saturated rings. The lowest BCUT2D eigenvalue weighted by Crippen LogP contribution is -2.38. The van der Waals surface area contributed by atoms with E-state index in [-0.39, 0.29) is 28.7 Å². The van der Waals surface area contributed by atoms with Crippen molar-refractivity contribution in [3.8, 4) is 0 Å². The maximum Gasteiger partial charge on any atom is 0.310 e. The summed E-state index contributed by atoms with van der Waals surface area (Å²) in [4.78, 5) is 12.0. The molecule has 0 aromatic carbocycles. The Kier molecular flexibility index (Phi) is 5.66. The number of hydrogen-bond donors (Lipinski definition) is 1. The maximum absolute atomic E-state index is 12.0. The summed E-state index contributed by atoms with van der Waals surface area (Å²) in [6.45, 7) is 5.40. The summed E-state index contributed by atoms with van der Waals surface area (Å²) in [5.74, 6) is -0.160. The van der Waals surface area contributed by atoms with E-state index in [2.05, 4.69) is 22.6 Å². The topological polar surface area (TPSA) is 55.8 Å². The Balaban J connectivity index is 2.49. The molecule has 0 saturated heterocycles. The number of halogens is 1. The molecule has 17 heavy (non-hydrogen) atoms. The lowest BCUT2D eigenvalue weighted by molar-refractivity contribution is -0.162. The van der Waals surface area contributed by atoms with Crippen molar-refractivity contribution >= 4 is 28.6 Å². The monoisotopic (exact) mass is 356 g/mol. The SMILES string of the molecule is CC(C)(C)OC(=O)[C@H]1CC[C@H](OCO)C[C@@H]1I. The van der Waals surface area contributed by atoms with Crippen LogP contribution in [0.2, 0.25) is 0 Å². The molecule has 0 radical (unpaired) electrons. The average molecular weight is 356 g/mol. The number of aliphatic hydroxyl groups excluding tert-OH is 1. The van der Waals surface area contributed by atoms with Crippen LogP contribution in [0.1, 0.15) is 40.0 Å². The molecule has 5 heteroatoms. The Morgan fingerprint density at radius 1 is 1.41 bits per heavy atom. The number of rotatable bonds is 3. The van der Waals surface area contributed by atoms with Crippen LogP contribution < -0.4 is 0 Å². The molecule has 1 aliphatic rings. The van der Waals surface area contributed by atoms with Gasteiger partial charge < -0.3 is 14.6 Å². The third-order valence-electron chi connectivity index (χ3n) is 2.74. The van der Waals surface area contributed by atoms with Gasteiger partial charge in [0.2, 0.25) is 0 Å². The zero-order valence-corrected chi connectivity index (χ0v) is 12.8. The quantitative estimate of drug-likeness (QED) is 0.365. The average Bonchev–Trinajstić information content (AvgIpc) is 2.15. The molecule has 1 N–H and O–H groups in total. The van der Waals surface area contributed by atoms with Gasteiger partial charge in [-0.15, -0.1) is 0 Å². The van der Waals surface area contributed by atoms with E-state index in [1.807, 2.05) is 20.8 Å². The molecule has 0 bridgehead atoms. The van der Waals surface area contributed by atoms with Gasteiger partial charge in [0.25, 0.3) is 0 Å². The van der Waals surface area contributed by atoms with Gasteiger partial charge in [-0.1, -0.05) is 22.6 Å². The van der Waals surface area contributed by atoms with E-state index >= 15 is 0 Å². The van der Waals surface area contributed by atoms with Gasteiger partial charge >= 0.3 is 5.97 Å². The first kappa shape index (κ1) is 15.2. The molecular weight excluding hydrogens is 335 g/mol. The van der Waals surface area contributed by atoms with E-state index in [0.29, 0.717) is 0 Å². The summed E-state index contributed by atoms with van der Waals surface area (Å²) < 4.78 is 10.8. The van der Waals surface area contributed by atoms with Crippen molar-refractivity contribution in [2.45, 2.75) is 55.7 Å². The molecular formula is C12H21IO4. The van der Waals surface area contributed by atoms with Gasteiger partial charge in [-0.2, -0.15) is 0 Å². The minimum absolute atomic E-state index is 0.0478. The molecule has 1 aliphatic carbocycles. The molecule has 4 nitrogen and oxygen atoms in total. The lowest BCUT2D eigenvalue weighted by Gasteiger charge is -2.33. The van der Waals surface area contributed by atoms with Gasteiger partial charge in [0.15, 0.2) is 0 Å². The second-order valence-electron chi connectivity index (χ2n) is 5.39. The number of carbonyl (C=O) groups is 1. The van der Waals surface area contributed by atoms with Crippen LogP contribution in [0.5, 0.6) is 0 Å². The number of hydrogen-bond acceptors (Lipinski definition) is 4. The number of esters is 1. The van der Waals surface area contributed by atoms with Crippen molar-refractivity contribution in [2.75, 3.05) is 6.79 Å². The van der Waals surface area contributed by atoms with Crippen LogP contribution in [0.4, 0.5) is 0 Å². The van der Waals surface area contributed by atoms with Crippen LogP contribution in [0.3, 0.4) is 0 Å². The van der Waals surface area contributed by atoms with Crippen LogP contribution >= 0.6 is 22.6 Å². The van der Waals surface area contributed by atoms with E-state index in [4.69, 9.17) is 14.6 Å². The minimum atomic E-state index is -0.425. The smallest absolute Gasteiger partial charge is 0.310 e. The molecule has 0 heterocycles. The van der Waals surface area contributed by atoms with Gasteiger partial charge in [-0.25, -0.2) is 0 Å². The van der Waals surface area contributed by atoms with Crippen molar-refractivity contribution in [2.24, 2.45) is 5.92 Å². The van der Waals surface area contributed by atoms with Crippen LogP contribution in [0.25, 0.3) is 0 Å². The summed E-state index contributed by atoms with van der Waals surface area (Å²) in [6, 6.07) is 0. The fraction of sp³-hybridized carbons (Fsp3) is 0.917. The first-order chi connectivity index (χ1) is 7.83. The van der Waals surface area contributed by atoms with Crippen molar-refractivity contribution in [1.29, 1.82) is 0 Å². The molecule has 1 rings (SSSR count). The molecule has 0 unspecified atom stereocenters. The van der Waals surface area contributed by atoms with Gasteiger partial charge in [-0.05, 0) is 40.0 Å². The molecule has 0 aromatic rings. The Bertz CT molecular complexity index is 262. The Labute approximate surface area is 116 Å².